The molecule has 2 amide bonds. The zero-order chi connectivity index (χ0) is 14.4. The van der Waals surface area contributed by atoms with E-state index in [1.807, 2.05) is 25.9 Å². The number of aliphatic carboxylic acids is 1. The van der Waals surface area contributed by atoms with Crippen molar-refractivity contribution in [2.24, 2.45) is 11.8 Å². The Hall–Kier alpha value is -1.34. The molecule has 110 valence electrons. The van der Waals surface area contributed by atoms with Crippen LogP contribution in [0, 0.1) is 11.8 Å². The van der Waals surface area contributed by atoms with Gasteiger partial charge in [-0.2, -0.15) is 0 Å². The van der Waals surface area contributed by atoms with Gasteiger partial charge >= 0.3 is 12.0 Å². The summed E-state index contributed by atoms with van der Waals surface area (Å²) in [7, 11) is 2.04. The maximum Gasteiger partial charge on any atom is 0.329 e. The Morgan fingerprint density at radius 2 is 1.79 bits per heavy atom. The Kier molecular flexibility index (Phi) is 6.04. The Morgan fingerprint density at radius 3 is 2.26 bits per heavy atom. The molecule has 3 N–H and O–H groups in total. The first-order valence-electron chi connectivity index (χ1n) is 6.61. The molecule has 1 saturated heterocycles. The Labute approximate surface area is 113 Å². The topological polar surface area (TPSA) is 84.9 Å². The van der Waals surface area contributed by atoms with Gasteiger partial charge in [0, 0.05) is 32.7 Å². The average molecular weight is 272 g/mol. The van der Waals surface area contributed by atoms with E-state index < -0.39 is 11.9 Å². The summed E-state index contributed by atoms with van der Waals surface area (Å²) >= 11 is 0. The van der Waals surface area contributed by atoms with Gasteiger partial charge in [-0.3, -0.25) is 10.2 Å². The molecular weight excluding hydrogens is 248 g/mol. The molecule has 0 radical (unpaired) electrons. The first kappa shape index (κ1) is 15.7. The molecule has 0 aromatic heterocycles. The number of carboxylic acid groups (broad SMARTS) is 1. The van der Waals surface area contributed by atoms with Crippen LogP contribution in [0.5, 0.6) is 0 Å². The van der Waals surface area contributed by atoms with Crippen LogP contribution in [0.4, 0.5) is 4.79 Å². The van der Waals surface area contributed by atoms with Crippen LogP contribution in [0.1, 0.15) is 13.8 Å². The molecule has 0 aromatic rings. The van der Waals surface area contributed by atoms with Gasteiger partial charge in [0.25, 0.3) is 0 Å². The van der Waals surface area contributed by atoms with Gasteiger partial charge in [-0.1, -0.05) is 13.8 Å². The van der Waals surface area contributed by atoms with Crippen LogP contribution in [-0.2, 0) is 4.79 Å². The number of carbonyl (C=O) groups excluding carboxylic acids is 1. The van der Waals surface area contributed by atoms with E-state index in [9.17, 15) is 9.59 Å². The minimum Gasteiger partial charge on any atom is -0.481 e. The fourth-order valence-electron chi connectivity index (χ4n) is 1.91. The van der Waals surface area contributed by atoms with Crippen molar-refractivity contribution in [1.82, 2.24) is 20.7 Å². The van der Waals surface area contributed by atoms with Crippen molar-refractivity contribution in [1.29, 1.82) is 0 Å². The molecule has 1 aliphatic rings. The predicted molar refractivity (Wildman–Crippen MR) is 71.6 cm³/mol. The number of carbonyl (C=O) groups is 2. The molecule has 0 bridgehead atoms. The zero-order valence-electron chi connectivity index (χ0n) is 11.8. The van der Waals surface area contributed by atoms with Gasteiger partial charge in [-0.25, -0.2) is 9.80 Å². The number of carboxylic acids is 1. The molecule has 1 rings (SSSR count). The lowest BCUT2D eigenvalue weighted by Crippen LogP contribution is -2.55. The van der Waals surface area contributed by atoms with Gasteiger partial charge in [0.15, 0.2) is 0 Å². The van der Waals surface area contributed by atoms with Crippen LogP contribution in [0.15, 0.2) is 0 Å². The standard InChI is InChI=1S/C12H24N4O3/c1-9(2)10(11(17)18)8-13-12(19)14-16-6-4-15(3)5-7-16/h9-10H,4-8H2,1-3H3,(H,17,18)(H2,13,14,19). The van der Waals surface area contributed by atoms with Crippen LogP contribution in [-0.4, -0.2) is 66.8 Å². The molecule has 1 heterocycles. The van der Waals surface area contributed by atoms with E-state index >= 15 is 0 Å². The quantitative estimate of drug-likeness (QED) is 0.646. The van der Waals surface area contributed by atoms with Gasteiger partial charge in [-0.15, -0.1) is 0 Å². The van der Waals surface area contributed by atoms with Crippen LogP contribution >= 0.6 is 0 Å². The lowest BCUT2D eigenvalue weighted by molar-refractivity contribution is -0.142. The van der Waals surface area contributed by atoms with Crippen molar-refractivity contribution < 1.29 is 14.7 Å². The highest BCUT2D eigenvalue weighted by molar-refractivity contribution is 5.75. The summed E-state index contributed by atoms with van der Waals surface area (Å²) in [5, 5.41) is 13.5. The summed E-state index contributed by atoms with van der Waals surface area (Å²) in [6, 6.07) is -0.337. The second-order valence-corrected chi connectivity index (χ2v) is 5.30. The lowest BCUT2D eigenvalue weighted by atomic mass is 9.96. The monoisotopic (exact) mass is 272 g/mol. The molecular formula is C12H24N4O3. The third-order valence-corrected chi connectivity index (χ3v) is 3.37. The Morgan fingerprint density at radius 1 is 1.21 bits per heavy atom. The van der Waals surface area contributed by atoms with Crippen molar-refractivity contribution in [3.63, 3.8) is 0 Å². The molecule has 1 unspecified atom stereocenters. The number of nitrogens with zero attached hydrogens (tertiary/aromatic N) is 2. The molecule has 19 heavy (non-hydrogen) atoms. The van der Waals surface area contributed by atoms with Crippen LogP contribution in [0.3, 0.4) is 0 Å². The van der Waals surface area contributed by atoms with Gasteiger partial charge in [0.2, 0.25) is 0 Å². The second-order valence-electron chi connectivity index (χ2n) is 5.30. The molecule has 1 atom stereocenters. The summed E-state index contributed by atoms with van der Waals surface area (Å²) in [4.78, 5) is 24.9. The smallest absolute Gasteiger partial charge is 0.329 e. The van der Waals surface area contributed by atoms with E-state index in [0.29, 0.717) is 0 Å². The highest BCUT2D eigenvalue weighted by atomic mass is 16.4. The van der Waals surface area contributed by atoms with Crippen molar-refractivity contribution >= 4 is 12.0 Å². The van der Waals surface area contributed by atoms with Crippen molar-refractivity contribution in [2.75, 3.05) is 39.8 Å². The number of likely N-dealkylation sites (N-methyl/N-ethyl adjacent to an activating group) is 1. The summed E-state index contributed by atoms with van der Waals surface area (Å²) in [5.74, 6) is -1.45. The van der Waals surface area contributed by atoms with E-state index in [1.165, 1.54) is 0 Å². The van der Waals surface area contributed by atoms with Crippen molar-refractivity contribution in [2.45, 2.75) is 13.8 Å². The molecule has 1 fully saturated rings. The minimum absolute atomic E-state index is 0.0126. The summed E-state index contributed by atoms with van der Waals surface area (Å²) in [6.45, 7) is 7.17. The zero-order valence-corrected chi connectivity index (χ0v) is 11.8. The number of hydrogen-bond acceptors (Lipinski definition) is 4. The van der Waals surface area contributed by atoms with E-state index in [-0.39, 0.29) is 18.5 Å². The molecule has 0 spiro atoms. The lowest BCUT2D eigenvalue weighted by Gasteiger charge is -2.32. The minimum atomic E-state index is -0.880. The summed E-state index contributed by atoms with van der Waals surface area (Å²) in [5.41, 5.74) is 2.74. The summed E-state index contributed by atoms with van der Waals surface area (Å²) in [6.07, 6.45) is 0. The maximum absolute atomic E-state index is 11.7. The number of piperazine rings is 1. The molecule has 7 nitrogen and oxygen atoms in total. The molecule has 7 heteroatoms. The molecule has 0 aromatic carbocycles. The normalized spacial score (nSPS) is 19.2. The fraction of sp³-hybridized carbons (Fsp3) is 0.833. The third-order valence-electron chi connectivity index (χ3n) is 3.37. The number of hydrazine groups is 1. The third kappa shape index (κ3) is 5.44. The first-order valence-corrected chi connectivity index (χ1v) is 6.61. The van der Waals surface area contributed by atoms with E-state index in [4.69, 9.17) is 5.11 Å². The number of amides is 2. The first-order chi connectivity index (χ1) is 8.90. The van der Waals surface area contributed by atoms with Gasteiger partial charge in [-0.05, 0) is 13.0 Å². The number of nitrogens with one attached hydrogen (secondary N) is 2. The van der Waals surface area contributed by atoms with Crippen LogP contribution in [0.25, 0.3) is 0 Å². The number of urea groups is 1. The van der Waals surface area contributed by atoms with Crippen LogP contribution < -0.4 is 10.7 Å². The summed E-state index contributed by atoms with van der Waals surface area (Å²) < 4.78 is 0. The Balaban J connectivity index is 2.29. The van der Waals surface area contributed by atoms with Crippen LogP contribution in [0.2, 0.25) is 0 Å². The van der Waals surface area contributed by atoms with Crippen molar-refractivity contribution in [3.8, 4) is 0 Å². The predicted octanol–water partition coefficient (Wildman–Crippen LogP) is -0.195. The van der Waals surface area contributed by atoms with Gasteiger partial charge < -0.3 is 15.3 Å². The fourth-order valence-corrected chi connectivity index (χ4v) is 1.91. The van der Waals surface area contributed by atoms with E-state index in [2.05, 4.69) is 15.6 Å². The molecule has 0 saturated carbocycles. The Bertz CT molecular complexity index is 314. The maximum atomic E-state index is 11.7. The largest absolute Gasteiger partial charge is 0.481 e. The van der Waals surface area contributed by atoms with Gasteiger partial charge in [0.1, 0.15) is 0 Å². The number of hydrogen-bond donors (Lipinski definition) is 3. The highest BCUT2D eigenvalue weighted by Gasteiger charge is 2.22. The average Bonchev–Trinajstić information content (AvgIpc) is 2.31. The highest BCUT2D eigenvalue weighted by Crippen LogP contribution is 2.09. The number of rotatable bonds is 5. The second kappa shape index (κ2) is 7.30. The van der Waals surface area contributed by atoms with E-state index in [1.54, 1.807) is 0 Å². The van der Waals surface area contributed by atoms with Crippen molar-refractivity contribution in [3.05, 3.63) is 0 Å². The molecule has 1 aliphatic heterocycles. The SMILES string of the molecule is CC(C)C(CNC(=O)NN1CCN(C)CC1)C(=O)O. The van der Waals surface area contributed by atoms with Gasteiger partial charge in [0.05, 0.1) is 5.92 Å². The molecule has 0 aliphatic carbocycles. The van der Waals surface area contributed by atoms with E-state index in [0.717, 1.165) is 26.2 Å².